The number of aromatic nitrogens is 2. The molecule has 2 N–H and O–H groups in total. The van der Waals surface area contributed by atoms with E-state index in [1.165, 1.54) is 5.56 Å². The van der Waals surface area contributed by atoms with Crippen molar-refractivity contribution in [3.63, 3.8) is 0 Å². The number of aliphatic hydroxyl groups is 1. The molecule has 210 valence electrons. The number of amides is 1. The number of hydrogen-bond donors (Lipinski definition) is 2. The number of ether oxygens (including phenoxy) is 3. The topological polar surface area (TPSA) is 98.1 Å². The highest BCUT2D eigenvalue weighted by Crippen LogP contribution is 2.36. The van der Waals surface area contributed by atoms with Crippen molar-refractivity contribution in [2.75, 3.05) is 51.9 Å². The van der Waals surface area contributed by atoms with Crippen LogP contribution in [0, 0.1) is 0 Å². The van der Waals surface area contributed by atoms with Crippen LogP contribution in [0.5, 0.6) is 17.2 Å². The Labute approximate surface area is 234 Å². The van der Waals surface area contributed by atoms with E-state index >= 15 is 0 Å². The van der Waals surface area contributed by atoms with Crippen LogP contribution < -0.4 is 14.8 Å². The number of fused-ring (bicyclic) bond motifs is 1. The number of methoxy groups -OCH3 is 1. The van der Waals surface area contributed by atoms with Crippen molar-refractivity contribution in [1.29, 1.82) is 0 Å². The first-order valence-electron chi connectivity index (χ1n) is 13.6. The molecule has 1 amide bonds. The SMILES string of the molecule is COCCOc1cc2c(ccn2C)cc1Oc1ccnc(NC(=O)c2ccc(C3CCN(CCO)CC3)cc2)c1. The van der Waals surface area contributed by atoms with Crippen molar-refractivity contribution in [2.24, 2.45) is 7.05 Å². The number of aliphatic hydroxyl groups excluding tert-OH is 1. The Morgan fingerprint density at radius 2 is 1.85 bits per heavy atom. The van der Waals surface area contributed by atoms with Crippen molar-refractivity contribution in [1.82, 2.24) is 14.5 Å². The van der Waals surface area contributed by atoms with E-state index in [9.17, 15) is 4.79 Å². The Kier molecular flexibility index (Phi) is 8.95. The van der Waals surface area contributed by atoms with Crippen molar-refractivity contribution in [2.45, 2.75) is 18.8 Å². The van der Waals surface area contributed by atoms with Gasteiger partial charge in [-0.2, -0.15) is 0 Å². The Morgan fingerprint density at radius 3 is 2.60 bits per heavy atom. The van der Waals surface area contributed by atoms with E-state index in [0.29, 0.717) is 47.8 Å². The molecular weight excluding hydrogens is 508 g/mol. The summed E-state index contributed by atoms with van der Waals surface area (Å²) in [5.74, 6) is 2.33. The van der Waals surface area contributed by atoms with E-state index in [0.717, 1.165) is 43.4 Å². The number of aryl methyl sites for hydroxylation is 1. The quantitative estimate of drug-likeness (QED) is 0.262. The van der Waals surface area contributed by atoms with Crippen LogP contribution in [0.4, 0.5) is 5.82 Å². The molecule has 0 aliphatic carbocycles. The Morgan fingerprint density at radius 1 is 1.05 bits per heavy atom. The van der Waals surface area contributed by atoms with Gasteiger partial charge in [-0.3, -0.25) is 4.79 Å². The van der Waals surface area contributed by atoms with Crippen molar-refractivity contribution in [3.05, 3.63) is 78.1 Å². The second kappa shape index (κ2) is 13.0. The van der Waals surface area contributed by atoms with Crippen LogP contribution >= 0.6 is 0 Å². The molecule has 1 fully saturated rings. The zero-order valence-electron chi connectivity index (χ0n) is 23.0. The van der Waals surface area contributed by atoms with Crippen LogP contribution in [0.15, 0.2) is 67.0 Å². The first-order valence-corrected chi connectivity index (χ1v) is 13.6. The highest BCUT2D eigenvalue weighted by Gasteiger charge is 2.20. The van der Waals surface area contributed by atoms with Crippen molar-refractivity contribution < 1.29 is 24.1 Å². The lowest BCUT2D eigenvalue weighted by molar-refractivity contribution is 0.102. The maximum Gasteiger partial charge on any atom is 0.256 e. The maximum absolute atomic E-state index is 13.0. The molecule has 40 heavy (non-hydrogen) atoms. The smallest absolute Gasteiger partial charge is 0.256 e. The normalized spacial score (nSPS) is 14.4. The lowest BCUT2D eigenvalue weighted by atomic mass is 9.89. The first-order chi connectivity index (χ1) is 19.5. The van der Waals surface area contributed by atoms with Crippen molar-refractivity contribution in [3.8, 4) is 17.2 Å². The number of piperidine rings is 1. The van der Waals surface area contributed by atoms with Crippen LogP contribution in [0.3, 0.4) is 0 Å². The number of carbonyl (C=O) groups is 1. The van der Waals surface area contributed by atoms with Gasteiger partial charge < -0.3 is 34.1 Å². The number of rotatable bonds is 11. The van der Waals surface area contributed by atoms with E-state index in [1.54, 1.807) is 25.4 Å². The van der Waals surface area contributed by atoms with E-state index in [1.807, 2.05) is 60.3 Å². The Bertz CT molecular complexity index is 1430. The van der Waals surface area contributed by atoms with Gasteiger partial charge in [0.2, 0.25) is 0 Å². The monoisotopic (exact) mass is 544 g/mol. The van der Waals surface area contributed by atoms with Gasteiger partial charge in [0.1, 0.15) is 18.2 Å². The fraction of sp³-hybridized carbons (Fsp3) is 0.355. The first kappa shape index (κ1) is 27.6. The van der Waals surface area contributed by atoms with Gasteiger partial charge in [-0.1, -0.05) is 12.1 Å². The third kappa shape index (κ3) is 6.62. The molecule has 0 bridgehead atoms. The number of pyridine rings is 1. The van der Waals surface area contributed by atoms with Gasteiger partial charge in [0.25, 0.3) is 5.91 Å². The average Bonchev–Trinajstić information content (AvgIpc) is 3.33. The van der Waals surface area contributed by atoms with Crippen LogP contribution in [0.2, 0.25) is 0 Å². The molecule has 2 aromatic carbocycles. The molecule has 5 rings (SSSR count). The molecule has 1 saturated heterocycles. The molecule has 0 saturated carbocycles. The van der Waals surface area contributed by atoms with Crippen LogP contribution in [0.1, 0.15) is 34.7 Å². The molecule has 1 aliphatic rings. The number of β-amino-alcohol motifs (C(OH)–C–C–N with tert-alkyl or cyclic N) is 1. The van der Waals surface area contributed by atoms with Gasteiger partial charge in [0, 0.05) is 56.2 Å². The zero-order valence-corrected chi connectivity index (χ0v) is 23.0. The lowest BCUT2D eigenvalue weighted by Crippen LogP contribution is -2.34. The largest absolute Gasteiger partial charge is 0.487 e. The Hall–Kier alpha value is -3.92. The predicted octanol–water partition coefficient (Wildman–Crippen LogP) is 4.81. The van der Waals surface area contributed by atoms with Gasteiger partial charge in [-0.05, 0) is 67.7 Å². The highest BCUT2D eigenvalue weighted by molar-refractivity contribution is 6.03. The molecule has 3 heterocycles. The van der Waals surface area contributed by atoms with Gasteiger partial charge in [0.15, 0.2) is 11.5 Å². The Balaban J connectivity index is 1.25. The molecule has 0 atom stereocenters. The van der Waals surface area contributed by atoms with Crippen LogP contribution in [-0.2, 0) is 11.8 Å². The van der Waals surface area contributed by atoms with Crippen LogP contribution in [-0.4, -0.2) is 72.0 Å². The second-order valence-electron chi connectivity index (χ2n) is 10.0. The van der Waals surface area contributed by atoms with E-state index in [2.05, 4.69) is 15.2 Å². The van der Waals surface area contributed by atoms with Gasteiger partial charge in [-0.15, -0.1) is 0 Å². The highest BCUT2D eigenvalue weighted by atomic mass is 16.5. The number of anilines is 1. The molecule has 4 aromatic rings. The molecule has 9 nitrogen and oxygen atoms in total. The number of hydrogen-bond acceptors (Lipinski definition) is 7. The standard InChI is InChI=1S/C31H36N4O5/c1-34-12-8-25-19-29(28(21-27(25)34)39-18-17-38-2)40-26-7-11-32-30(20-26)33-31(37)24-5-3-22(4-6-24)23-9-13-35(14-10-23)15-16-36/h3-8,11-12,19-21,23,36H,9-10,13-18H2,1-2H3,(H,32,33,37). The minimum atomic E-state index is -0.233. The molecule has 9 heteroatoms. The average molecular weight is 545 g/mol. The number of benzene rings is 2. The second-order valence-corrected chi connectivity index (χ2v) is 10.0. The van der Waals surface area contributed by atoms with Crippen LogP contribution in [0.25, 0.3) is 10.9 Å². The summed E-state index contributed by atoms with van der Waals surface area (Å²) in [5.41, 5.74) is 2.84. The summed E-state index contributed by atoms with van der Waals surface area (Å²) in [6.45, 7) is 3.75. The van der Waals surface area contributed by atoms with E-state index in [4.69, 9.17) is 19.3 Å². The third-order valence-electron chi connectivity index (χ3n) is 7.34. The fourth-order valence-corrected chi connectivity index (χ4v) is 5.10. The molecule has 0 unspecified atom stereocenters. The number of likely N-dealkylation sites (tertiary alicyclic amines) is 1. The molecular formula is C31H36N4O5. The summed E-state index contributed by atoms with van der Waals surface area (Å²) >= 11 is 0. The minimum absolute atomic E-state index is 0.201. The summed E-state index contributed by atoms with van der Waals surface area (Å²) < 4.78 is 19.3. The lowest BCUT2D eigenvalue weighted by Gasteiger charge is -2.31. The van der Waals surface area contributed by atoms with Crippen molar-refractivity contribution >= 4 is 22.6 Å². The number of carbonyl (C=O) groups excluding carboxylic acids is 1. The third-order valence-corrected chi connectivity index (χ3v) is 7.34. The molecule has 2 aromatic heterocycles. The summed E-state index contributed by atoms with van der Waals surface area (Å²) in [4.78, 5) is 19.6. The van der Waals surface area contributed by atoms with Gasteiger partial charge >= 0.3 is 0 Å². The number of nitrogens with one attached hydrogen (secondary N) is 1. The molecule has 0 radical (unpaired) electrons. The summed E-state index contributed by atoms with van der Waals surface area (Å²) in [6, 6.07) is 17.2. The summed E-state index contributed by atoms with van der Waals surface area (Å²) in [6.07, 6.45) is 5.70. The van der Waals surface area contributed by atoms with E-state index in [-0.39, 0.29) is 12.5 Å². The summed E-state index contributed by atoms with van der Waals surface area (Å²) in [7, 11) is 3.61. The van der Waals surface area contributed by atoms with E-state index < -0.39 is 0 Å². The predicted molar refractivity (Wildman–Crippen MR) is 154 cm³/mol. The molecule has 0 spiro atoms. The maximum atomic E-state index is 13.0. The summed E-state index contributed by atoms with van der Waals surface area (Å²) in [5, 5.41) is 13.1. The van der Waals surface area contributed by atoms with Gasteiger partial charge in [0.05, 0.1) is 18.7 Å². The fourth-order valence-electron chi connectivity index (χ4n) is 5.10. The number of nitrogens with zero attached hydrogens (tertiary/aromatic N) is 3. The zero-order chi connectivity index (χ0) is 27.9. The molecule has 1 aliphatic heterocycles. The minimum Gasteiger partial charge on any atom is -0.487 e. The van der Waals surface area contributed by atoms with Gasteiger partial charge in [-0.25, -0.2) is 4.98 Å².